The van der Waals surface area contributed by atoms with Crippen LogP contribution in [-0.4, -0.2) is 48.5 Å². The summed E-state index contributed by atoms with van der Waals surface area (Å²) in [4.78, 5) is 23.3. The number of non-ortho nitro benzene ring substituents is 1. The molecule has 0 bridgehead atoms. The Morgan fingerprint density at radius 3 is 2.55 bits per heavy atom. The number of hydrazone groups is 1. The zero-order valence-electron chi connectivity index (χ0n) is 15.4. The Labute approximate surface area is 166 Å². The normalized spacial score (nSPS) is 21.0. The van der Waals surface area contributed by atoms with Gasteiger partial charge >= 0.3 is 0 Å². The van der Waals surface area contributed by atoms with E-state index in [4.69, 9.17) is 4.74 Å². The number of benzene rings is 2. The van der Waals surface area contributed by atoms with Crippen LogP contribution in [-0.2, 0) is 19.6 Å². The SMILES string of the molecule is Cc1ccc(S(=O)(=O)N2C[C@@H](c3cccc([N+](=O)[O-])c3)C(C(=O)[C@H]3CO3)=N2)cc1. The van der Waals surface area contributed by atoms with E-state index in [2.05, 4.69) is 5.10 Å². The summed E-state index contributed by atoms with van der Waals surface area (Å²) in [7, 11) is -3.98. The predicted molar refractivity (Wildman–Crippen MR) is 103 cm³/mol. The molecule has 0 radical (unpaired) electrons. The number of nitro groups is 1. The molecule has 0 amide bonds. The van der Waals surface area contributed by atoms with Crippen molar-refractivity contribution in [3.63, 3.8) is 0 Å². The van der Waals surface area contributed by atoms with Gasteiger partial charge in [-0.1, -0.05) is 29.8 Å². The lowest BCUT2D eigenvalue weighted by atomic mass is 9.91. The fourth-order valence-electron chi connectivity index (χ4n) is 3.16. The van der Waals surface area contributed by atoms with Gasteiger partial charge in [0.2, 0.25) is 5.78 Å². The van der Waals surface area contributed by atoms with Gasteiger partial charge in [-0.25, -0.2) is 0 Å². The average Bonchev–Trinajstić information content (AvgIpc) is 3.45. The highest BCUT2D eigenvalue weighted by Crippen LogP contribution is 2.33. The number of hydrogen-bond donors (Lipinski definition) is 0. The maximum atomic E-state index is 13.0. The molecule has 2 aromatic rings. The molecule has 0 N–H and O–H groups in total. The van der Waals surface area contributed by atoms with Crippen LogP contribution in [0.4, 0.5) is 5.69 Å². The molecule has 29 heavy (non-hydrogen) atoms. The summed E-state index contributed by atoms with van der Waals surface area (Å²) in [5, 5.41) is 15.2. The van der Waals surface area contributed by atoms with Crippen LogP contribution < -0.4 is 0 Å². The van der Waals surface area contributed by atoms with E-state index in [0.717, 1.165) is 9.98 Å². The number of rotatable bonds is 6. The molecule has 2 aliphatic rings. The fourth-order valence-corrected chi connectivity index (χ4v) is 4.43. The van der Waals surface area contributed by atoms with E-state index in [0.29, 0.717) is 5.56 Å². The standard InChI is InChI=1S/C19H17N3O6S/c1-12-5-7-15(8-6-12)29(26,27)21-10-16(18(20-21)19(23)17-11-28-17)13-3-2-4-14(9-13)22(24)25/h2-9,16-17H,10-11H2,1H3/t16-,17+/m0/s1. The number of aryl methyl sites for hydroxylation is 1. The molecule has 1 fully saturated rings. The quantitative estimate of drug-likeness (QED) is 0.404. The van der Waals surface area contributed by atoms with Crippen molar-refractivity contribution in [1.29, 1.82) is 0 Å². The van der Waals surface area contributed by atoms with Gasteiger partial charge in [-0.05, 0) is 24.6 Å². The first-order valence-electron chi connectivity index (χ1n) is 8.85. The Morgan fingerprint density at radius 1 is 1.24 bits per heavy atom. The highest BCUT2D eigenvalue weighted by atomic mass is 32.2. The van der Waals surface area contributed by atoms with E-state index in [-0.39, 0.29) is 29.4 Å². The van der Waals surface area contributed by atoms with Gasteiger partial charge in [-0.2, -0.15) is 17.9 Å². The Balaban J connectivity index is 1.73. The number of epoxide rings is 1. The summed E-state index contributed by atoms with van der Waals surface area (Å²) >= 11 is 0. The first kappa shape index (κ1) is 19.2. The van der Waals surface area contributed by atoms with E-state index in [1.807, 2.05) is 6.92 Å². The highest BCUT2D eigenvalue weighted by molar-refractivity contribution is 7.89. The second-order valence-corrected chi connectivity index (χ2v) is 8.74. The van der Waals surface area contributed by atoms with Crippen molar-refractivity contribution in [1.82, 2.24) is 4.41 Å². The second kappa shape index (κ2) is 7.05. The molecule has 2 aliphatic heterocycles. The van der Waals surface area contributed by atoms with Gasteiger partial charge in [0.25, 0.3) is 15.7 Å². The number of nitro benzene ring substituents is 1. The molecule has 150 valence electrons. The Kier molecular flexibility index (Phi) is 4.67. The number of carbonyl (C=O) groups excluding carboxylic acids is 1. The topological polar surface area (TPSA) is 122 Å². The summed E-state index contributed by atoms with van der Waals surface area (Å²) < 4.78 is 32.0. The van der Waals surface area contributed by atoms with Gasteiger partial charge in [-0.15, -0.1) is 0 Å². The minimum atomic E-state index is -3.98. The molecule has 0 unspecified atom stereocenters. The minimum absolute atomic E-state index is 0.0312. The molecule has 1 saturated heterocycles. The van der Waals surface area contributed by atoms with Gasteiger partial charge in [0.05, 0.1) is 28.9 Å². The number of ketones is 1. The number of nitrogens with zero attached hydrogens (tertiary/aromatic N) is 3. The highest BCUT2D eigenvalue weighted by Gasteiger charge is 2.44. The number of hydrogen-bond acceptors (Lipinski definition) is 7. The number of sulfonamides is 1. The Hall–Kier alpha value is -3.11. The summed E-state index contributed by atoms with van der Waals surface area (Å²) in [6.45, 7) is 1.98. The fraction of sp³-hybridized carbons (Fsp3) is 0.263. The smallest absolute Gasteiger partial charge is 0.279 e. The Morgan fingerprint density at radius 2 is 1.93 bits per heavy atom. The van der Waals surface area contributed by atoms with Crippen LogP contribution in [0.5, 0.6) is 0 Å². The van der Waals surface area contributed by atoms with Gasteiger partial charge in [-0.3, -0.25) is 14.9 Å². The van der Waals surface area contributed by atoms with Crippen molar-refractivity contribution in [2.24, 2.45) is 5.10 Å². The number of ether oxygens (including phenoxy) is 1. The van der Waals surface area contributed by atoms with Crippen molar-refractivity contribution >= 4 is 27.2 Å². The predicted octanol–water partition coefficient (Wildman–Crippen LogP) is 2.02. The van der Waals surface area contributed by atoms with Crippen LogP contribution in [0, 0.1) is 17.0 Å². The number of carbonyl (C=O) groups is 1. The lowest BCUT2D eigenvalue weighted by Crippen LogP contribution is -2.27. The summed E-state index contributed by atoms with van der Waals surface area (Å²) in [6.07, 6.45) is -0.642. The second-order valence-electron chi connectivity index (χ2n) is 6.90. The van der Waals surface area contributed by atoms with E-state index >= 15 is 0 Å². The van der Waals surface area contributed by atoms with Crippen molar-refractivity contribution in [2.45, 2.75) is 23.8 Å². The molecule has 0 aliphatic carbocycles. The summed E-state index contributed by atoms with van der Waals surface area (Å²) in [5.74, 6) is -1.12. The van der Waals surface area contributed by atoms with Crippen LogP contribution in [0.15, 0.2) is 58.5 Å². The van der Waals surface area contributed by atoms with Gasteiger partial charge in [0, 0.05) is 12.1 Å². The molecular weight excluding hydrogens is 398 g/mol. The summed E-state index contributed by atoms with van der Waals surface area (Å²) in [6, 6.07) is 12.1. The molecule has 0 spiro atoms. The molecule has 10 heteroatoms. The lowest BCUT2D eigenvalue weighted by Gasteiger charge is -2.16. The van der Waals surface area contributed by atoms with Gasteiger partial charge in [0.15, 0.2) is 0 Å². The van der Waals surface area contributed by atoms with Crippen LogP contribution >= 0.6 is 0 Å². The van der Waals surface area contributed by atoms with Crippen molar-refractivity contribution in [3.8, 4) is 0 Å². The van der Waals surface area contributed by atoms with Crippen molar-refractivity contribution in [3.05, 3.63) is 69.8 Å². The molecule has 0 saturated carbocycles. The monoisotopic (exact) mass is 415 g/mol. The molecule has 4 rings (SSSR count). The van der Waals surface area contributed by atoms with E-state index < -0.39 is 32.8 Å². The minimum Gasteiger partial charge on any atom is -0.364 e. The van der Waals surface area contributed by atoms with Crippen molar-refractivity contribution < 1.29 is 22.9 Å². The first-order chi connectivity index (χ1) is 13.8. The first-order valence-corrected chi connectivity index (χ1v) is 10.3. The molecule has 2 heterocycles. The maximum absolute atomic E-state index is 13.0. The van der Waals surface area contributed by atoms with E-state index in [9.17, 15) is 23.3 Å². The molecule has 9 nitrogen and oxygen atoms in total. The number of Topliss-reactive ketones (excluding diaryl/α,β-unsaturated/α-hetero) is 1. The summed E-state index contributed by atoms with van der Waals surface area (Å²) in [5.41, 5.74) is 1.25. The van der Waals surface area contributed by atoms with E-state index in [1.54, 1.807) is 18.2 Å². The van der Waals surface area contributed by atoms with Crippen LogP contribution in [0.1, 0.15) is 17.0 Å². The molecule has 2 atom stereocenters. The van der Waals surface area contributed by atoms with Crippen LogP contribution in [0.2, 0.25) is 0 Å². The molecule has 0 aromatic heterocycles. The van der Waals surface area contributed by atoms with Crippen molar-refractivity contribution in [2.75, 3.05) is 13.2 Å². The third-order valence-electron chi connectivity index (χ3n) is 4.85. The van der Waals surface area contributed by atoms with Gasteiger partial charge < -0.3 is 4.74 Å². The average molecular weight is 415 g/mol. The zero-order valence-corrected chi connectivity index (χ0v) is 16.2. The van der Waals surface area contributed by atoms with E-state index in [1.165, 1.54) is 30.3 Å². The third kappa shape index (κ3) is 3.64. The van der Waals surface area contributed by atoms with Crippen LogP contribution in [0.3, 0.4) is 0 Å². The van der Waals surface area contributed by atoms with Gasteiger partial charge in [0.1, 0.15) is 11.8 Å². The maximum Gasteiger partial charge on any atom is 0.279 e. The lowest BCUT2D eigenvalue weighted by molar-refractivity contribution is -0.384. The largest absolute Gasteiger partial charge is 0.364 e. The third-order valence-corrected chi connectivity index (χ3v) is 6.50. The molecule has 2 aromatic carbocycles. The Bertz CT molecular complexity index is 1120. The molecular formula is C19H17N3O6S. The zero-order chi connectivity index (χ0) is 20.8. The van der Waals surface area contributed by atoms with Crippen LogP contribution in [0.25, 0.3) is 0 Å².